The molecule has 0 fully saturated rings. The van der Waals surface area contributed by atoms with Crippen LogP contribution in [0.4, 0.5) is 48.3 Å². The van der Waals surface area contributed by atoms with E-state index in [4.69, 9.17) is 9.84 Å². The molecule has 2 aromatic rings. The minimum absolute atomic E-state index is 0.0140. The second kappa shape index (κ2) is 11.1. The van der Waals surface area contributed by atoms with Gasteiger partial charge in [-0.3, -0.25) is 0 Å². The van der Waals surface area contributed by atoms with Gasteiger partial charge in [0.05, 0.1) is 12.2 Å². The summed E-state index contributed by atoms with van der Waals surface area (Å²) in [5.41, 5.74) is -0.0693. The fourth-order valence-corrected chi connectivity index (χ4v) is 3.21. The van der Waals surface area contributed by atoms with Gasteiger partial charge in [-0.2, -0.15) is 43.9 Å². The van der Waals surface area contributed by atoms with Crippen molar-refractivity contribution in [1.82, 2.24) is 0 Å². The maximum absolute atomic E-state index is 14.4. The summed E-state index contributed by atoms with van der Waals surface area (Å²) in [6, 6.07) is 7.18. The summed E-state index contributed by atoms with van der Waals surface area (Å²) in [5, 5.41) is 8.88. The van der Waals surface area contributed by atoms with E-state index in [0.29, 0.717) is 0 Å². The van der Waals surface area contributed by atoms with Crippen molar-refractivity contribution in [2.75, 3.05) is 6.61 Å². The van der Waals surface area contributed by atoms with E-state index in [9.17, 15) is 53.1 Å². The number of alkyl halides is 9. The Labute approximate surface area is 202 Å². The van der Waals surface area contributed by atoms with E-state index in [1.165, 1.54) is 30.3 Å². The second-order valence-electron chi connectivity index (χ2n) is 7.99. The minimum atomic E-state index is -6.92. The molecule has 0 atom stereocenters. The normalized spacial score (nSPS) is 13.1. The summed E-state index contributed by atoms with van der Waals surface area (Å²) in [6.07, 6.45) is -9.88. The summed E-state index contributed by atoms with van der Waals surface area (Å²) in [4.78, 5) is 10.9. The molecule has 0 amide bonds. The van der Waals surface area contributed by atoms with Gasteiger partial charge in [-0.15, -0.1) is 0 Å². The molecule has 3 nitrogen and oxygen atoms in total. The average Bonchev–Trinajstić information content (AvgIpc) is 2.80. The van der Waals surface area contributed by atoms with Gasteiger partial charge >= 0.3 is 29.9 Å². The van der Waals surface area contributed by atoms with Crippen LogP contribution in [-0.4, -0.2) is 41.6 Å². The third-order valence-corrected chi connectivity index (χ3v) is 5.34. The molecule has 0 aliphatic heterocycles. The highest BCUT2D eigenvalue weighted by Gasteiger charge is 2.81. The Kier molecular flexibility index (Phi) is 9.08. The molecule has 0 spiro atoms. The minimum Gasteiger partial charge on any atom is -0.490 e. The quantitative estimate of drug-likeness (QED) is 0.214. The summed E-state index contributed by atoms with van der Waals surface area (Å²) in [6.45, 7) is -0.276. The molecule has 1 N–H and O–H groups in total. The number of aromatic carboxylic acids is 1. The zero-order chi connectivity index (χ0) is 28.2. The van der Waals surface area contributed by atoms with E-state index in [-0.39, 0.29) is 42.6 Å². The molecule has 0 aliphatic rings. The highest BCUT2D eigenvalue weighted by atomic mass is 19.4. The van der Waals surface area contributed by atoms with Crippen LogP contribution in [0.1, 0.15) is 42.5 Å². The van der Waals surface area contributed by atoms with Crippen molar-refractivity contribution < 1.29 is 62.9 Å². The summed E-state index contributed by atoms with van der Waals surface area (Å²) in [5.74, 6) is -23.6. The van der Waals surface area contributed by atoms with Gasteiger partial charge in [0.15, 0.2) is 11.6 Å². The zero-order valence-corrected chi connectivity index (χ0v) is 18.6. The van der Waals surface area contributed by atoms with Crippen LogP contribution in [0, 0.1) is 11.6 Å². The van der Waals surface area contributed by atoms with Crippen LogP contribution in [0.3, 0.4) is 0 Å². The molecule has 0 aliphatic carbocycles. The first-order valence-electron chi connectivity index (χ1n) is 10.6. The number of hydrogen-bond donors (Lipinski definition) is 1. The van der Waals surface area contributed by atoms with Gasteiger partial charge < -0.3 is 9.84 Å². The lowest BCUT2D eigenvalue weighted by atomic mass is 9.98. The summed E-state index contributed by atoms with van der Waals surface area (Å²) < 4.78 is 149. The van der Waals surface area contributed by atoms with Crippen molar-refractivity contribution in [2.45, 2.75) is 56.0 Å². The standard InChI is InChI=1S/C23H19F11O3/c24-17-15(13-5-7-14(8-6-13)19(35)36)9-10-16(18(17)25)37-12-4-2-1-3-11-20(26,27)21(28,29)22(30,31)23(32,33)34/h5-10H,1-4,11-12H2,(H,35,36). The Morgan fingerprint density at radius 3 is 1.84 bits per heavy atom. The van der Waals surface area contributed by atoms with Gasteiger partial charge in [0.1, 0.15) is 0 Å². The van der Waals surface area contributed by atoms with Gasteiger partial charge in [0, 0.05) is 12.0 Å². The first-order valence-corrected chi connectivity index (χ1v) is 10.6. The molecule has 0 radical (unpaired) electrons. The summed E-state index contributed by atoms with van der Waals surface area (Å²) >= 11 is 0. The maximum atomic E-state index is 14.4. The second-order valence-corrected chi connectivity index (χ2v) is 7.99. The zero-order valence-electron chi connectivity index (χ0n) is 18.6. The maximum Gasteiger partial charge on any atom is 0.460 e. The fourth-order valence-electron chi connectivity index (χ4n) is 3.21. The van der Waals surface area contributed by atoms with E-state index in [0.717, 1.165) is 6.07 Å². The molecule has 2 rings (SSSR count). The molecule has 2 aromatic carbocycles. The topological polar surface area (TPSA) is 46.5 Å². The fraction of sp³-hybridized carbons (Fsp3) is 0.435. The predicted molar refractivity (Wildman–Crippen MR) is 108 cm³/mol. The van der Waals surface area contributed by atoms with Gasteiger partial charge in [-0.05, 0) is 42.7 Å². The lowest BCUT2D eigenvalue weighted by molar-refractivity contribution is -0.396. The SMILES string of the molecule is O=C(O)c1ccc(-c2ccc(OCCCCCCC(F)(F)C(F)(F)C(F)(F)C(F)(F)F)c(F)c2F)cc1. The Morgan fingerprint density at radius 2 is 1.30 bits per heavy atom. The molecule has 0 saturated heterocycles. The molecule has 14 heteroatoms. The van der Waals surface area contributed by atoms with Crippen molar-refractivity contribution in [3.05, 3.63) is 53.6 Å². The van der Waals surface area contributed by atoms with Crippen LogP contribution in [0.15, 0.2) is 36.4 Å². The molecule has 37 heavy (non-hydrogen) atoms. The number of halogens is 11. The average molecular weight is 552 g/mol. The predicted octanol–water partition coefficient (Wildman–Crippen LogP) is 8.13. The smallest absolute Gasteiger partial charge is 0.460 e. The molecule has 0 aromatic heterocycles. The highest BCUT2D eigenvalue weighted by molar-refractivity contribution is 5.88. The number of unbranched alkanes of at least 4 members (excludes halogenated alkanes) is 3. The molecule has 206 valence electrons. The Morgan fingerprint density at radius 1 is 0.730 bits per heavy atom. The van der Waals surface area contributed by atoms with Gasteiger partial charge in [0.2, 0.25) is 5.82 Å². The molecule has 0 heterocycles. The Balaban J connectivity index is 1.85. The number of carboxylic acids is 1. The third kappa shape index (κ3) is 6.45. The first kappa shape index (κ1) is 30.2. The number of carboxylic acid groups (broad SMARTS) is 1. The number of carbonyl (C=O) groups is 1. The number of ether oxygens (including phenoxy) is 1. The van der Waals surface area contributed by atoms with Crippen LogP contribution in [-0.2, 0) is 0 Å². The first-order chi connectivity index (χ1) is 16.9. The van der Waals surface area contributed by atoms with Crippen molar-refractivity contribution in [1.29, 1.82) is 0 Å². The molecular weight excluding hydrogens is 533 g/mol. The van der Waals surface area contributed by atoms with Crippen LogP contribution in [0.5, 0.6) is 5.75 Å². The summed E-state index contributed by atoms with van der Waals surface area (Å²) in [7, 11) is 0. The van der Waals surface area contributed by atoms with Crippen molar-refractivity contribution >= 4 is 5.97 Å². The van der Waals surface area contributed by atoms with E-state index in [1.807, 2.05) is 0 Å². The lowest BCUT2D eigenvalue weighted by Gasteiger charge is -2.33. The molecule has 0 saturated carbocycles. The van der Waals surface area contributed by atoms with E-state index >= 15 is 0 Å². The largest absolute Gasteiger partial charge is 0.490 e. The van der Waals surface area contributed by atoms with E-state index < -0.39 is 60.1 Å². The van der Waals surface area contributed by atoms with Crippen molar-refractivity contribution in [3.63, 3.8) is 0 Å². The van der Waals surface area contributed by atoms with E-state index in [1.54, 1.807) is 0 Å². The Hall–Kier alpha value is -3.06. The van der Waals surface area contributed by atoms with Crippen LogP contribution < -0.4 is 4.74 Å². The monoisotopic (exact) mass is 552 g/mol. The van der Waals surface area contributed by atoms with E-state index in [2.05, 4.69) is 0 Å². The van der Waals surface area contributed by atoms with Gasteiger partial charge in [-0.1, -0.05) is 25.0 Å². The van der Waals surface area contributed by atoms with Crippen molar-refractivity contribution in [3.8, 4) is 16.9 Å². The highest BCUT2D eigenvalue weighted by Crippen LogP contribution is 2.54. The van der Waals surface area contributed by atoms with Gasteiger partial charge in [0.25, 0.3) is 0 Å². The molecule has 0 unspecified atom stereocenters. The van der Waals surface area contributed by atoms with Gasteiger partial charge in [-0.25, -0.2) is 9.18 Å². The Bertz CT molecular complexity index is 1080. The number of hydrogen-bond acceptors (Lipinski definition) is 2. The molecule has 0 bridgehead atoms. The van der Waals surface area contributed by atoms with Crippen molar-refractivity contribution in [2.24, 2.45) is 0 Å². The third-order valence-electron chi connectivity index (χ3n) is 5.34. The number of benzene rings is 2. The lowest BCUT2D eigenvalue weighted by Crippen LogP contribution is -2.60. The molecular formula is C23H19F11O3. The van der Waals surface area contributed by atoms with Crippen LogP contribution in [0.25, 0.3) is 11.1 Å². The van der Waals surface area contributed by atoms with Crippen LogP contribution in [0.2, 0.25) is 0 Å². The van der Waals surface area contributed by atoms with Crippen LogP contribution >= 0.6 is 0 Å². The number of rotatable bonds is 12.